The molecule has 0 aliphatic heterocycles. The van der Waals surface area contributed by atoms with Gasteiger partial charge in [0.15, 0.2) is 0 Å². The van der Waals surface area contributed by atoms with Crippen molar-refractivity contribution in [3.63, 3.8) is 0 Å². The Morgan fingerprint density at radius 3 is 2.75 bits per heavy atom. The summed E-state index contributed by atoms with van der Waals surface area (Å²) >= 11 is 3.57. The first kappa shape index (κ1) is 8.06. The molecule has 1 aliphatic carbocycles. The molecule has 1 aromatic rings. The maximum atomic E-state index is 3.57. The second kappa shape index (κ2) is 2.74. The molecule has 1 aromatic carbocycles. The molecule has 0 N–H and O–H groups in total. The number of allylic oxidation sites excluding steroid dienone is 1. The lowest BCUT2D eigenvalue weighted by atomic mass is 10.00. The predicted octanol–water partition coefficient (Wildman–Crippen LogP) is 3.64. The molecule has 0 atom stereocenters. The zero-order valence-electron chi connectivity index (χ0n) is 7.32. The molecule has 0 bridgehead atoms. The molecular weight excluding hydrogens is 212 g/mol. The van der Waals surface area contributed by atoms with Crippen LogP contribution in [-0.2, 0) is 6.42 Å². The van der Waals surface area contributed by atoms with E-state index in [1.807, 2.05) is 0 Å². The second-order valence-electron chi connectivity index (χ2n) is 3.29. The highest BCUT2D eigenvalue weighted by atomic mass is 79.9. The number of fused-ring (bicyclic) bond motifs is 1. The van der Waals surface area contributed by atoms with Gasteiger partial charge < -0.3 is 0 Å². The van der Waals surface area contributed by atoms with Gasteiger partial charge in [-0.1, -0.05) is 28.1 Å². The maximum absolute atomic E-state index is 3.57. The Hall–Kier alpha value is -0.560. The molecule has 0 fully saturated rings. The summed E-state index contributed by atoms with van der Waals surface area (Å²) in [6, 6.07) is 2.23. The summed E-state index contributed by atoms with van der Waals surface area (Å²) < 4.78 is 1.24. The van der Waals surface area contributed by atoms with Gasteiger partial charge in [-0.15, -0.1) is 0 Å². The van der Waals surface area contributed by atoms with Crippen LogP contribution in [0.1, 0.15) is 22.3 Å². The third-order valence-corrected chi connectivity index (χ3v) is 3.42. The highest BCUT2D eigenvalue weighted by Crippen LogP contribution is 2.30. The molecule has 1 heteroatoms. The van der Waals surface area contributed by atoms with Crippen molar-refractivity contribution in [2.24, 2.45) is 0 Å². The van der Waals surface area contributed by atoms with Crippen molar-refractivity contribution >= 4 is 22.0 Å². The van der Waals surface area contributed by atoms with Crippen LogP contribution < -0.4 is 0 Å². The Morgan fingerprint density at radius 2 is 2.00 bits per heavy atom. The molecule has 2 rings (SSSR count). The molecule has 0 saturated carbocycles. The number of halogens is 1. The van der Waals surface area contributed by atoms with Crippen molar-refractivity contribution in [2.75, 3.05) is 0 Å². The fourth-order valence-corrected chi connectivity index (χ4v) is 2.24. The van der Waals surface area contributed by atoms with Gasteiger partial charge in [-0.05, 0) is 48.6 Å². The van der Waals surface area contributed by atoms with Crippen molar-refractivity contribution in [1.82, 2.24) is 0 Å². The van der Waals surface area contributed by atoms with Gasteiger partial charge in [0.1, 0.15) is 0 Å². The minimum Gasteiger partial charge on any atom is -0.0795 e. The van der Waals surface area contributed by atoms with Gasteiger partial charge in [0.2, 0.25) is 0 Å². The van der Waals surface area contributed by atoms with Crippen LogP contribution >= 0.6 is 15.9 Å². The van der Waals surface area contributed by atoms with Gasteiger partial charge >= 0.3 is 0 Å². The van der Waals surface area contributed by atoms with Crippen LogP contribution in [0.2, 0.25) is 0 Å². The summed E-state index contributed by atoms with van der Waals surface area (Å²) in [6.45, 7) is 4.35. The zero-order valence-corrected chi connectivity index (χ0v) is 8.90. The quantitative estimate of drug-likeness (QED) is 0.629. The minimum atomic E-state index is 1.09. The molecule has 1 aliphatic rings. The van der Waals surface area contributed by atoms with Crippen LogP contribution in [0.25, 0.3) is 6.08 Å². The summed E-state index contributed by atoms with van der Waals surface area (Å²) in [4.78, 5) is 0. The number of benzene rings is 1. The van der Waals surface area contributed by atoms with E-state index in [1.165, 1.54) is 26.7 Å². The number of hydrogen-bond donors (Lipinski definition) is 0. The second-order valence-corrected chi connectivity index (χ2v) is 4.14. The lowest BCUT2D eigenvalue weighted by molar-refractivity contribution is 1.23. The van der Waals surface area contributed by atoms with E-state index in [0.29, 0.717) is 0 Å². The molecule has 0 heterocycles. The standard InChI is InChI=1S/C11H11Br/c1-7-8(2)11(12)6-9-4-3-5-10(7)9/h3,5-6H,4H2,1-2H3. The summed E-state index contributed by atoms with van der Waals surface area (Å²) in [5.74, 6) is 0. The molecular formula is C11H11Br. The van der Waals surface area contributed by atoms with E-state index in [9.17, 15) is 0 Å². The Bertz CT molecular complexity index is 362. The molecule has 12 heavy (non-hydrogen) atoms. The van der Waals surface area contributed by atoms with E-state index in [2.05, 4.69) is 48.0 Å². The average Bonchev–Trinajstić information content (AvgIpc) is 2.48. The minimum absolute atomic E-state index is 1.09. The van der Waals surface area contributed by atoms with Crippen LogP contribution in [0.5, 0.6) is 0 Å². The molecule has 0 nitrogen and oxygen atoms in total. The Balaban J connectivity index is 2.73. The Morgan fingerprint density at radius 1 is 1.25 bits per heavy atom. The van der Waals surface area contributed by atoms with Gasteiger partial charge in [0.05, 0.1) is 0 Å². The Kier molecular flexibility index (Phi) is 1.84. The SMILES string of the molecule is Cc1c(Br)cc2c(c1C)C=CC2. The van der Waals surface area contributed by atoms with E-state index < -0.39 is 0 Å². The number of hydrogen-bond acceptors (Lipinski definition) is 0. The van der Waals surface area contributed by atoms with Crippen molar-refractivity contribution in [3.05, 3.63) is 38.9 Å². The van der Waals surface area contributed by atoms with Crippen LogP contribution in [0, 0.1) is 13.8 Å². The molecule has 0 saturated heterocycles. The van der Waals surface area contributed by atoms with E-state index in [4.69, 9.17) is 0 Å². The lowest BCUT2D eigenvalue weighted by Crippen LogP contribution is -1.91. The highest BCUT2D eigenvalue weighted by molar-refractivity contribution is 9.10. The first-order chi connectivity index (χ1) is 5.70. The first-order valence-electron chi connectivity index (χ1n) is 4.15. The smallest absolute Gasteiger partial charge is 0.0210 e. The fourth-order valence-electron chi connectivity index (χ4n) is 1.67. The lowest BCUT2D eigenvalue weighted by Gasteiger charge is -2.08. The first-order valence-corrected chi connectivity index (χ1v) is 4.94. The highest BCUT2D eigenvalue weighted by Gasteiger charge is 2.11. The topological polar surface area (TPSA) is 0 Å². The maximum Gasteiger partial charge on any atom is 0.0210 e. The van der Waals surface area contributed by atoms with E-state index in [-0.39, 0.29) is 0 Å². The van der Waals surface area contributed by atoms with Gasteiger partial charge in [0, 0.05) is 4.47 Å². The summed E-state index contributed by atoms with van der Waals surface area (Å²) in [5.41, 5.74) is 5.65. The zero-order chi connectivity index (χ0) is 8.72. The van der Waals surface area contributed by atoms with Crippen LogP contribution in [0.15, 0.2) is 16.6 Å². The van der Waals surface area contributed by atoms with E-state index in [1.54, 1.807) is 0 Å². The van der Waals surface area contributed by atoms with Crippen molar-refractivity contribution in [1.29, 1.82) is 0 Å². The van der Waals surface area contributed by atoms with Gasteiger partial charge in [-0.25, -0.2) is 0 Å². The van der Waals surface area contributed by atoms with Crippen LogP contribution in [-0.4, -0.2) is 0 Å². The van der Waals surface area contributed by atoms with E-state index >= 15 is 0 Å². The van der Waals surface area contributed by atoms with E-state index in [0.717, 1.165) is 6.42 Å². The van der Waals surface area contributed by atoms with Crippen molar-refractivity contribution < 1.29 is 0 Å². The predicted molar refractivity (Wildman–Crippen MR) is 56.4 cm³/mol. The molecule has 0 unspecified atom stereocenters. The summed E-state index contributed by atoms with van der Waals surface area (Å²) in [5, 5.41) is 0. The van der Waals surface area contributed by atoms with Crippen LogP contribution in [0.4, 0.5) is 0 Å². The van der Waals surface area contributed by atoms with Crippen molar-refractivity contribution in [3.8, 4) is 0 Å². The molecule has 0 amide bonds. The normalized spacial score (nSPS) is 13.6. The summed E-state index contributed by atoms with van der Waals surface area (Å²) in [7, 11) is 0. The fraction of sp³-hybridized carbons (Fsp3) is 0.273. The van der Waals surface area contributed by atoms with Crippen LogP contribution in [0.3, 0.4) is 0 Å². The largest absolute Gasteiger partial charge is 0.0795 e. The third kappa shape index (κ3) is 1.04. The third-order valence-electron chi connectivity index (χ3n) is 2.59. The Labute approximate surface area is 81.4 Å². The van der Waals surface area contributed by atoms with Gasteiger partial charge in [0.25, 0.3) is 0 Å². The van der Waals surface area contributed by atoms with Crippen molar-refractivity contribution in [2.45, 2.75) is 20.3 Å². The van der Waals surface area contributed by atoms with Gasteiger partial charge in [-0.2, -0.15) is 0 Å². The molecule has 0 aromatic heterocycles. The van der Waals surface area contributed by atoms with Gasteiger partial charge in [-0.3, -0.25) is 0 Å². The number of rotatable bonds is 0. The summed E-state index contributed by atoms with van der Waals surface area (Å²) in [6.07, 6.45) is 5.54. The molecule has 0 radical (unpaired) electrons. The molecule has 62 valence electrons. The monoisotopic (exact) mass is 222 g/mol. The molecule has 0 spiro atoms. The average molecular weight is 223 g/mol.